The van der Waals surface area contributed by atoms with Crippen LogP contribution < -0.4 is 5.32 Å². The van der Waals surface area contributed by atoms with Gasteiger partial charge in [-0.25, -0.2) is 0 Å². The molecule has 3 heteroatoms. The quantitative estimate of drug-likeness (QED) is 0.568. The third kappa shape index (κ3) is 1.78. The van der Waals surface area contributed by atoms with Crippen LogP contribution in [0, 0.1) is 0 Å². The minimum Gasteiger partial charge on any atom is -0.412 e. The van der Waals surface area contributed by atoms with Gasteiger partial charge in [-0.05, 0) is 12.2 Å². The van der Waals surface area contributed by atoms with E-state index in [9.17, 15) is 4.79 Å². The van der Waals surface area contributed by atoms with Crippen molar-refractivity contribution in [2.24, 2.45) is 0 Å². The fourth-order valence-corrected chi connectivity index (χ4v) is 0.566. The van der Waals surface area contributed by atoms with Gasteiger partial charge in [-0.1, -0.05) is 12.2 Å². The Kier molecular flexibility index (Phi) is 2.31. The van der Waals surface area contributed by atoms with Gasteiger partial charge in [-0.2, -0.15) is 0 Å². The van der Waals surface area contributed by atoms with Gasteiger partial charge in [0.05, 0.1) is 0 Å². The van der Waals surface area contributed by atoms with Crippen molar-refractivity contribution in [2.45, 2.75) is 0 Å². The van der Waals surface area contributed by atoms with Gasteiger partial charge in [-0.15, -0.1) is 0 Å². The van der Waals surface area contributed by atoms with Crippen LogP contribution in [0.1, 0.15) is 0 Å². The summed E-state index contributed by atoms with van der Waals surface area (Å²) >= 11 is 0. The first kappa shape index (κ1) is 6.61. The number of carbonyl (C=O) groups excluding carboxylic acids is 1. The van der Waals surface area contributed by atoms with Crippen molar-refractivity contribution in [3.8, 4) is 0 Å². The molecule has 52 valence electrons. The molecule has 0 saturated carbocycles. The maximum Gasteiger partial charge on any atom is 0.299 e. The van der Waals surface area contributed by atoms with Gasteiger partial charge in [0.1, 0.15) is 0 Å². The van der Waals surface area contributed by atoms with Crippen LogP contribution in [0.25, 0.3) is 0 Å². The van der Waals surface area contributed by atoms with Gasteiger partial charge < -0.3 is 10.1 Å². The Bertz CT molecular complexity index is 204. The summed E-state index contributed by atoms with van der Waals surface area (Å²) in [5, 5.41) is 2.75. The number of nitrogens with one attached hydrogen (secondary N) is 1. The van der Waals surface area contributed by atoms with E-state index in [1.807, 2.05) is 6.08 Å². The van der Waals surface area contributed by atoms with E-state index in [-0.39, 0.29) is 0 Å². The Labute approximate surface area is 58.7 Å². The number of carbonyl (C=O) groups is 1. The second-order valence-corrected chi connectivity index (χ2v) is 1.63. The number of hydrogen-bond donors (Lipinski definition) is 1. The molecule has 0 amide bonds. The highest BCUT2D eigenvalue weighted by Gasteiger charge is 1.91. The summed E-state index contributed by atoms with van der Waals surface area (Å²) in [6, 6.07) is 0. The first-order chi connectivity index (χ1) is 4.93. The molecule has 0 spiro atoms. The molecule has 0 fully saturated rings. The maximum absolute atomic E-state index is 9.83. The van der Waals surface area contributed by atoms with E-state index in [4.69, 9.17) is 0 Å². The van der Waals surface area contributed by atoms with Crippen molar-refractivity contribution in [1.29, 1.82) is 0 Å². The third-order valence-electron chi connectivity index (χ3n) is 0.967. The van der Waals surface area contributed by atoms with E-state index in [1.165, 1.54) is 0 Å². The van der Waals surface area contributed by atoms with E-state index in [1.54, 1.807) is 24.4 Å². The molecule has 0 bridgehead atoms. The van der Waals surface area contributed by atoms with Crippen LogP contribution in [0.3, 0.4) is 0 Å². The van der Waals surface area contributed by atoms with Crippen LogP contribution in [-0.4, -0.2) is 6.47 Å². The summed E-state index contributed by atoms with van der Waals surface area (Å²) in [4.78, 5) is 9.83. The summed E-state index contributed by atoms with van der Waals surface area (Å²) < 4.78 is 4.53. The van der Waals surface area contributed by atoms with Crippen molar-refractivity contribution in [3.05, 3.63) is 36.4 Å². The Hall–Kier alpha value is -1.51. The van der Waals surface area contributed by atoms with Gasteiger partial charge in [0.15, 0.2) is 0 Å². The number of rotatable bonds is 2. The molecule has 1 aliphatic rings. The average molecular weight is 137 g/mol. The molecular weight excluding hydrogens is 130 g/mol. The highest BCUT2D eigenvalue weighted by atomic mass is 16.5. The normalized spacial score (nSPS) is 15.0. The molecule has 1 aliphatic heterocycles. The summed E-state index contributed by atoms with van der Waals surface area (Å²) in [7, 11) is 0. The molecule has 1 N–H and O–H groups in total. The number of hydrogen-bond acceptors (Lipinski definition) is 3. The van der Waals surface area contributed by atoms with Crippen LogP contribution in [0.4, 0.5) is 0 Å². The van der Waals surface area contributed by atoms with Crippen LogP contribution in [-0.2, 0) is 9.53 Å². The van der Waals surface area contributed by atoms with E-state index < -0.39 is 0 Å². The zero-order valence-electron chi connectivity index (χ0n) is 5.28. The maximum atomic E-state index is 9.83. The second-order valence-electron chi connectivity index (χ2n) is 1.63. The Morgan fingerprint density at radius 1 is 1.40 bits per heavy atom. The first-order valence-electron chi connectivity index (χ1n) is 2.84. The van der Waals surface area contributed by atoms with Crippen LogP contribution in [0.5, 0.6) is 0 Å². The lowest BCUT2D eigenvalue weighted by molar-refractivity contribution is -0.125. The summed E-state index contributed by atoms with van der Waals surface area (Å²) in [6.45, 7) is 0.381. The van der Waals surface area contributed by atoms with Gasteiger partial charge >= 0.3 is 0 Å². The number of allylic oxidation sites excluding steroid dienone is 4. The lowest BCUT2D eigenvalue weighted by Crippen LogP contribution is -2.06. The fraction of sp³-hybridized carbons (Fsp3) is 0. The Morgan fingerprint density at radius 2 is 2.30 bits per heavy atom. The minimum absolute atomic E-state index is 0.381. The predicted molar refractivity (Wildman–Crippen MR) is 36.6 cm³/mol. The lowest BCUT2D eigenvalue weighted by atomic mass is 10.5. The SMILES string of the molecule is O=COC1=CC=CC=CN1. The summed E-state index contributed by atoms with van der Waals surface area (Å²) in [6.07, 6.45) is 8.74. The third-order valence-corrected chi connectivity index (χ3v) is 0.967. The Morgan fingerprint density at radius 3 is 3.10 bits per heavy atom. The lowest BCUT2D eigenvalue weighted by Gasteiger charge is -1.99. The molecule has 0 aromatic heterocycles. The van der Waals surface area contributed by atoms with Gasteiger partial charge in [-0.3, -0.25) is 4.79 Å². The van der Waals surface area contributed by atoms with Gasteiger partial charge in [0, 0.05) is 6.20 Å². The van der Waals surface area contributed by atoms with E-state index in [2.05, 4.69) is 10.1 Å². The molecule has 10 heavy (non-hydrogen) atoms. The molecule has 0 saturated heterocycles. The van der Waals surface area contributed by atoms with Crippen molar-refractivity contribution < 1.29 is 9.53 Å². The molecule has 0 aromatic carbocycles. The second kappa shape index (κ2) is 3.50. The monoisotopic (exact) mass is 137 g/mol. The van der Waals surface area contributed by atoms with Crippen LogP contribution in [0.15, 0.2) is 36.4 Å². The van der Waals surface area contributed by atoms with E-state index in [0.717, 1.165) is 0 Å². The van der Waals surface area contributed by atoms with Crippen molar-refractivity contribution in [3.63, 3.8) is 0 Å². The van der Waals surface area contributed by atoms with Crippen molar-refractivity contribution in [1.82, 2.24) is 5.32 Å². The number of ether oxygens (including phenoxy) is 1. The molecule has 0 radical (unpaired) electrons. The molecule has 0 aromatic rings. The predicted octanol–water partition coefficient (Wildman–Crippen LogP) is 0.674. The van der Waals surface area contributed by atoms with Crippen LogP contribution >= 0.6 is 0 Å². The van der Waals surface area contributed by atoms with Gasteiger partial charge in [0.25, 0.3) is 6.47 Å². The van der Waals surface area contributed by atoms with E-state index in [0.29, 0.717) is 12.4 Å². The molecule has 1 rings (SSSR count). The Balaban J connectivity index is 2.58. The van der Waals surface area contributed by atoms with Crippen molar-refractivity contribution in [2.75, 3.05) is 0 Å². The van der Waals surface area contributed by atoms with E-state index >= 15 is 0 Å². The molecule has 1 heterocycles. The topological polar surface area (TPSA) is 38.3 Å². The standard InChI is InChI=1S/C7H7NO2/c9-6-10-7-4-2-1-3-5-8-7/h1-6,8H. The molecule has 0 atom stereocenters. The fourth-order valence-electron chi connectivity index (χ4n) is 0.566. The first-order valence-corrected chi connectivity index (χ1v) is 2.84. The molecule has 0 aliphatic carbocycles. The highest BCUT2D eigenvalue weighted by molar-refractivity contribution is 5.40. The highest BCUT2D eigenvalue weighted by Crippen LogP contribution is 1.94. The zero-order chi connectivity index (χ0) is 7.23. The zero-order valence-corrected chi connectivity index (χ0v) is 5.28. The smallest absolute Gasteiger partial charge is 0.299 e. The summed E-state index contributed by atoms with van der Waals surface area (Å²) in [5.41, 5.74) is 0. The van der Waals surface area contributed by atoms with Crippen LogP contribution in [0.2, 0.25) is 0 Å². The summed E-state index contributed by atoms with van der Waals surface area (Å²) in [5.74, 6) is 0.431. The molecule has 3 nitrogen and oxygen atoms in total. The minimum atomic E-state index is 0.381. The largest absolute Gasteiger partial charge is 0.412 e. The average Bonchev–Trinajstić information content (AvgIpc) is 2.17. The molecule has 0 unspecified atom stereocenters. The van der Waals surface area contributed by atoms with Crippen molar-refractivity contribution >= 4 is 6.47 Å². The van der Waals surface area contributed by atoms with Gasteiger partial charge in [0.2, 0.25) is 5.88 Å². The molecular formula is C7H7NO2.